The van der Waals surface area contributed by atoms with Crippen LogP contribution in [0.4, 0.5) is 0 Å². The van der Waals surface area contributed by atoms with Gasteiger partial charge in [-0.3, -0.25) is 13.9 Å². The summed E-state index contributed by atoms with van der Waals surface area (Å²) in [7, 11) is 1.36. The summed E-state index contributed by atoms with van der Waals surface area (Å²) in [6.45, 7) is 2.92. The van der Waals surface area contributed by atoms with E-state index >= 15 is 0 Å². The van der Waals surface area contributed by atoms with E-state index < -0.39 is 0 Å². The highest BCUT2D eigenvalue weighted by Gasteiger charge is 2.16. The van der Waals surface area contributed by atoms with Crippen molar-refractivity contribution in [3.63, 3.8) is 0 Å². The van der Waals surface area contributed by atoms with Crippen LogP contribution >= 0.6 is 11.3 Å². The van der Waals surface area contributed by atoms with E-state index in [1.807, 2.05) is 24.3 Å². The second-order valence-corrected chi connectivity index (χ2v) is 7.46. The lowest BCUT2D eigenvalue weighted by Gasteiger charge is -2.05. The van der Waals surface area contributed by atoms with Crippen molar-refractivity contribution in [1.82, 2.24) is 9.13 Å². The predicted octanol–water partition coefficient (Wildman–Crippen LogP) is 3.94. The fraction of sp³-hybridized carbons (Fsp3) is 0.238. The first kappa shape index (κ1) is 17.5. The van der Waals surface area contributed by atoms with E-state index in [0.717, 1.165) is 16.6 Å². The van der Waals surface area contributed by atoms with Gasteiger partial charge >= 0.3 is 11.7 Å². The Morgan fingerprint density at radius 1 is 1.07 bits per heavy atom. The molecule has 0 saturated carbocycles. The van der Waals surface area contributed by atoms with Crippen molar-refractivity contribution < 1.29 is 9.53 Å². The number of benzene rings is 2. The molecule has 27 heavy (non-hydrogen) atoms. The number of carbonyl (C=O) groups is 1. The number of esters is 1. The molecule has 0 aliphatic heterocycles. The maximum Gasteiger partial charge on any atom is 0.329 e. The SMILES string of the molecule is COC(=O)CCn1c(=O)n(Cc2csc3cccc(C)c23)c2ccccc21. The molecule has 0 saturated heterocycles. The lowest BCUT2D eigenvalue weighted by Crippen LogP contribution is -2.25. The Morgan fingerprint density at radius 2 is 1.81 bits per heavy atom. The van der Waals surface area contributed by atoms with Gasteiger partial charge < -0.3 is 4.74 Å². The summed E-state index contributed by atoms with van der Waals surface area (Å²) in [6.07, 6.45) is 0.172. The highest BCUT2D eigenvalue weighted by atomic mass is 32.1. The fourth-order valence-corrected chi connectivity index (χ4v) is 4.61. The zero-order chi connectivity index (χ0) is 19.0. The summed E-state index contributed by atoms with van der Waals surface area (Å²) in [5.41, 5.74) is 3.97. The molecule has 0 spiro atoms. The summed E-state index contributed by atoms with van der Waals surface area (Å²) < 4.78 is 9.40. The molecular formula is C21H20N2O3S. The average Bonchev–Trinajstić information content (AvgIpc) is 3.21. The lowest BCUT2D eigenvalue weighted by molar-refractivity contribution is -0.140. The van der Waals surface area contributed by atoms with Crippen molar-refractivity contribution in [3.05, 3.63) is 69.5 Å². The summed E-state index contributed by atoms with van der Waals surface area (Å²) in [5.74, 6) is -0.321. The highest BCUT2D eigenvalue weighted by Crippen LogP contribution is 2.29. The quantitative estimate of drug-likeness (QED) is 0.493. The Bertz CT molecular complexity index is 1200. The van der Waals surface area contributed by atoms with Crippen LogP contribution in [0.1, 0.15) is 17.5 Å². The van der Waals surface area contributed by atoms with Crippen LogP contribution in [0, 0.1) is 6.92 Å². The third-order valence-corrected chi connectivity index (χ3v) is 5.90. The molecular weight excluding hydrogens is 360 g/mol. The second kappa shape index (κ2) is 7.04. The second-order valence-electron chi connectivity index (χ2n) is 6.54. The highest BCUT2D eigenvalue weighted by molar-refractivity contribution is 7.17. The maximum absolute atomic E-state index is 13.1. The number of para-hydroxylation sites is 2. The number of rotatable bonds is 5. The largest absolute Gasteiger partial charge is 0.469 e. The summed E-state index contributed by atoms with van der Waals surface area (Å²) >= 11 is 1.70. The average molecular weight is 380 g/mol. The molecule has 0 amide bonds. The van der Waals surface area contributed by atoms with Crippen LogP contribution in [0.3, 0.4) is 0 Å². The van der Waals surface area contributed by atoms with Crippen LogP contribution in [0.2, 0.25) is 0 Å². The molecule has 2 aromatic heterocycles. The molecule has 6 heteroatoms. The van der Waals surface area contributed by atoms with Gasteiger partial charge in [0.1, 0.15) is 0 Å². The van der Waals surface area contributed by atoms with Gasteiger partial charge in [0.25, 0.3) is 0 Å². The molecule has 0 radical (unpaired) electrons. The van der Waals surface area contributed by atoms with E-state index in [2.05, 4.69) is 30.5 Å². The van der Waals surface area contributed by atoms with Crippen molar-refractivity contribution in [1.29, 1.82) is 0 Å². The third-order valence-electron chi connectivity index (χ3n) is 4.90. The van der Waals surface area contributed by atoms with Gasteiger partial charge in [0.05, 0.1) is 31.1 Å². The van der Waals surface area contributed by atoms with Gasteiger partial charge in [0.15, 0.2) is 0 Å². The zero-order valence-corrected chi connectivity index (χ0v) is 16.1. The van der Waals surface area contributed by atoms with E-state index in [4.69, 9.17) is 4.74 Å². The van der Waals surface area contributed by atoms with E-state index in [0.29, 0.717) is 13.1 Å². The number of hydrogen-bond acceptors (Lipinski definition) is 4. The molecule has 5 nitrogen and oxygen atoms in total. The third kappa shape index (κ3) is 3.06. The number of hydrogen-bond donors (Lipinski definition) is 0. The van der Waals surface area contributed by atoms with Crippen molar-refractivity contribution in [2.45, 2.75) is 26.4 Å². The van der Waals surface area contributed by atoms with E-state index in [9.17, 15) is 9.59 Å². The smallest absolute Gasteiger partial charge is 0.329 e. The summed E-state index contributed by atoms with van der Waals surface area (Å²) in [5, 5.41) is 3.35. The number of methoxy groups -OCH3 is 1. The number of aryl methyl sites for hydroxylation is 2. The number of imidazole rings is 1. The molecule has 0 aliphatic carbocycles. The van der Waals surface area contributed by atoms with Crippen molar-refractivity contribution in [2.24, 2.45) is 0 Å². The minimum absolute atomic E-state index is 0.104. The maximum atomic E-state index is 13.1. The Hall–Kier alpha value is -2.86. The zero-order valence-electron chi connectivity index (χ0n) is 15.3. The van der Waals surface area contributed by atoms with Crippen molar-refractivity contribution >= 4 is 38.4 Å². The molecule has 0 unspecified atom stereocenters. The molecule has 0 N–H and O–H groups in total. The minimum Gasteiger partial charge on any atom is -0.469 e. The molecule has 2 aromatic carbocycles. The Labute approximate surface area is 160 Å². The van der Waals surface area contributed by atoms with E-state index in [-0.39, 0.29) is 18.1 Å². The molecule has 0 fully saturated rings. The molecule has 0 bridgehead atoms. The van der Waals surface area contributed by atoms with Crippen LogP contribution in [0.15, 0.2) is 52.6 Å². The molecule has 4 rings (SSSR count). The van der Waals surface area contributed by atoms with Crippen LogP contribution in [0.25, 0.3) is 21.1 Å². The number of thiophene rings is 1. The van der Waals surface area contributed by atoms with E-state index in [1.165, 1.54) is 22.8 Å². The minimum atomic E-state index is -0.321. The summed E-state index contributed by atoms with van der Waals surface area (Å²) in [6, 6.07) is 14.0. The first-order valence-corrected chi connectivity index (χ1v) is 9.68. The topological polar surface area (TPSA) is 53.2 Å². The fourth-order valence-electron chi connectivity index (χ4n) is 3.58. The number of nitrogens with zero attached hydrogens (tertiary/aromatic N) is 2. The van der Waals surface area contributed by atoms with E-state index in [1.54, 1.807) is 20.5 Å². The molecule has 0 atom stereocenters. The number of carbonyl (C=O) groups excluding carboxylic acids is 1. The van der Waals surface area contributed by atoms with Crippen molar-refractivity contribution in [2.75, 3.05) is 7.11 Å². The Morgan fingerprint density at radius 3 is 2.56 bits per heavy atom. The van der Waals surface area contributed by atoms with Gasteiger partial charge in [0, 0.05) is 16.6 Å². The van der Waals surface area contributed by atoms with Gasteiger partial charge in [-0.15, -0.1) is 11.3 Å². The number of fused-ring (bicyclic) bond motifs is 2. The van der Waals surface area contributed by atoms with Crippen LogP contribution in [-0.4, -0.2) is 22.2 Å². The van der Waals surface area contributed by atoms with Crippen LogP contribution < -0.4 is 5.69 Å². The van der Waals surface area contributed by atoms with Crippen molar-refractivity contribution in [3.8, 4) is 0 Å². The van der Waals surface area contributed by atoms with Crippen LogP contribution in [0.5, 0.6) is 0 Å². The van der Waals surface area contributed by atoms with Gasteiger partial charge in [0.2, 0.25) is 0 Å². The first-order valence-electron chi connectivity index (χ1n) is 8.80. The molecule has 0 aliphatic rings. The summed E-state index contributed by atoms with van der Waals surface area (Å²) in [4.78, 5) is 24.7. The number of ether oxygens (including phenoxy) is 1. The first-order chi connectivity index (χ1) is 13.1. The molecule has 2 heterocycles. The van der Waals surface area contributed by atoms with Crippen LogP contribution in [-0.2, 0) is 22.6 Å². The molecule has 138 valence electrons. The predicted molar refractivity (Wildman–Crippen MR) is 108 cm³/mol. The van der Waals surface area contributed by atoms with Gasteiger partial charge in [-0.25, -0.2) is 4.79 Å². The number of aromatic nitrogens is 2. The Kier molecular flexibility index (Phi) is 4.58. The van der Waals surface area contributed by atoms with Gasteiger partial charge in [-0.05, 0) is 41.6 Å². The van der Waals surface area contributed by atoms with Gasteiger partial charge in [-0.2, -0.15) is 0 Å². The lowest BCUT2D eigenvalue weighted by atomic mass is 10.1. The normalized spacial score (nSPS) is 11.3. The standard InChI is InChI=1S/C21H20N2O3S/c1-14-6-5-9-18-20(14)15(13-27-18)12-23-17-8-4-3-7-16(17)22(21(23)25)11-10-19(24)26-2/h3-9,13H,10-12H2,1-2H3. The molecule has 4 aromatic rings. The Balaban J connectivity index is 1.81. The van der Waals surface area contributed by atoms with Gasteiger partial charge in [-0.1, -0.05) is 24.3 Å². The monoisotopic (exact) mass is 380 g/mol.